The number of amides is 1. The number of alkyl halides is 3. The number of halogens is 3. The molecular weight excluding hydrogens is 287 g/mol. The third-order valence-corrected chi connectivity index (χ3v) is 3.41. The third kappa shape index (κ3) is 2.98. The monoisotopic (exact) mass is 301 g/mol. The van der Waals surface area contributed by atoms with Gasteiger partial charge < -0.3 is 20.7 Å². The standard InChI is InChI=1S/C13H14F3N3O2/c14-13(15,16)6-19(7-1-2-7)10-4-9-11(3-8(10)17)21-5-12(20)18-9/h3-4,7H,1-2,5-6,17H2,(H,18,20). The average Bonchev–Trinajstić information content (AvgIpc) is 3.19. The van der Waals surface area contributed by atoms with E-state index in [1.807, 2.05) is 0 Å². The Labute approximate surface area is 118 Å². The van der Waals surface area contributed by atoms with Crippen LogP contribution in [0.25, 0.3) is 0 Å². The highest BCUT2D eigenvalue weighted by Gasteiger charge is 2.39. The van der Waals surface area contributed by atoms with Crippen LogP contribution in [-0.4, -0.2) is 31.3 Å². The van der Waals surface area contributed by atoms with Gasteiger partial charge >= 0.3 is 6.18 Å². The number of nitrogens with one attached hydrogen (secondary N) is 1. The normalized spacial score (nSPS) is 17.8. The quantitative estimate of drug-likeness (QED) is 0.839. The van der Waals surface area contributed by atoms with Crippen LogP contribution < -0.4 is 20.7 Å². The highest BCUT2D eigenvalue weighted by Crippen LogP contribution is 2.42. The van der Waals surface area contributed by atoms with Crippen LogP contribution >= 0.6 is 0 Å². The maximum atomic E-state index is 12.7. The molecule has 21 heavy (non-hydrogen) atoms. The zero-order valence-electron chi connectivity index (χ0n) is 11.0. The molecule has 0 bridgehead atoms. The lowest BCUT2D eigenvalue weighted by atomic mass is 10.1. The van der Waals surface area contributed by atoms with E-state index < -0.39 is 12.7 Å². The molecule has 0 aromatic heterocycles. The third-order valence-electron chi connectivity index (χ3n) is 3.41. The number of ether oxygens (including phenoxy) is 1. The number of nitrogen functional groups attached to an aromatic ring is 1. The number of carbonyl (C=O) groups excluding carboxylic acids is 1. The fourth-order valence-corrected chi connectivity index (χ4v) is 2.37. The van der Waals surface area contributed by atoms with Gasteiger partial charge in [0, 0.05) is 12.1 Å². The first kappa shape index (κ1) is 13.8. The van der Waals surface area contributed by atoms with Crippen molar-refractivity contribution in [2.24, 2.45) is 0 Å². The molecule has 3 N–H and O–H groups in total. The van der Waals surface area contributed by atoms with Crippen LogP contribution in [0, 0.1) is 0 Å². The molecule has 0 saturated heterocycles. The van der Waals surface area contributed by atoms with E-state index in [2.05, 4.69) is 5.32 Å². The van der Waals surface area contributed by atoms with Crippen molar-refractivity contribution in [2.45, 2.75) is 25.1 Å². The number of anilines is 3. The van der Waals surface area contributed by atoms with Crippen molar-refractivity contribution < 1.29 is 22.7 Å². The van der Waals surface area contributed by atoms with Gasteiger partial charge in [0.25, 0.3) is 5.91 Å². The molecule has 0 radical (unpaired) electrons. The molecule has 0 atom stereocenters. The van der Waals surface area contributed by atoms with Crippen LogP contribution in [0.4, 0.5) is 30.2 Å². The molecule has 1 fully saturated rings. The van der Waals surface area contributed by atoms with E-state index in [1.54, 1.807) is 0 Å². The summed E-state index contributed by atoms with van der Waals surface area (Å²) in [6, 6.07) is 2.74. The Hall–Kier alpha value is -2.12. The maximum Gasteiger partial charge on any atom is 0.405 e. The molecule has 1 aliphatic carbocycles. The predicted octanol–water partition coefficient (Wildman–Crippen LogP) is 2.13. The van der Waals surface area contributed by atoms with Gasteiger partial charge in [0.2, 0.25) is 0 Å². The molecule has 1 aromatic rings. The van der Waals surface area contributed by atoms with Gasteiger partial charge in [0.15, 0.2) is 6.61 Å². The number of hydrogen-bond donors (Lipinski definition) is 2. The van der Waals surface area contributed by atoms with Crippen LogP contribution in [0.5, 0.6) is 5.75 Å². The molecule has 3 rings (SSSR count). The Morgan fingerprint density at radius 2 is 2.10 bits per heavy atom. The summed E-state index contributed by atoms with van der Waals surface area (Å²) in [5, 5.41) is 2.58. The van der Waals surface area contributed by atoms with Crippen molar-refractivity contribution in [3.05, 3.63) is 12.1 Å². The Bertz CT molecular complexity index is 585. The van der Waals surface area contributed by atoms with E-state index >= 15 is 0 Å². The van der Waals surface area contributed by atoms with E-state index in [4.69, 9.17) is 10.5 Å². The van der Waals surface area contributed by atoms with Crippen LogP contribution in [-0.2, 0) is 4.79 Å². The molecule has 0 unspecified atom stereocenters. The topological polar surface area (TPSA) is 67.6 Å². The smallest absolute Gasteiger partial charge is 0.405 e. The van der Waals surface area contributed by atoms with Gasteiger partial charge in [0.1, 0.15) is 12.3 Å². The number of nitrogens with two attached hydrogens (primary N) is 1. The van der Waals surface area contributed by atoms with Crippen LogP contribution in [0.1, 0.15) is 12.8 Å². The number of fused-ring (bicyclic) bond motifs is 1. The lowest BCUT2D eigenvalue weighted by Gasteiger charge is -2.29. The molecule has 1 aliphatic heterocycles. The lowest BCUT2D eigenvalue weighted by Crippen LogP contribution is -2.36. The fourth-order valence-electron chi connectivity index (χ4n) is 2.37. The highest BCUT2D eigenvalue weighted by atomic mass is 19.4. The maximum absolute atomic E-state index is 12.7. The Morgan fingerprint density at radius 1 is 1.38 bits per heavy atom. The van der Waals surface area contributed by atoms with Gasteiger partial charge in [-0.25, -0.2) is 0 Å². The first-order chi connectivity index (χ1) is 9.83. The van der Waals surface area contributed by atoms with Gasteiger partial charge in [-0.3, -0.25) is 4.79 Å². The second-order valence-corrected chi connectivity index (χ2v) is 5.22. The first-order valence-electron chi connectivity index (χ1n) is 6.53. The molecule has 1 amide bonds. The van der Waals surface area contributed by atoms with Crippen molar-refractivity contribution in [3.8, 4) is 5.75 Å². The Morgan fingerprint density at radius 3 is 2.71 bits per heavy atom. The van der Waals surface area contributed by atoms with Crippen LogP contribution in [0.15, 0.2) is 12.1 Å². The Balaban J connectivity index is 1.96. The van der Waals surface area contributed by atoms with Gasteiger partial charge in [0.05, 0.1) is 17.1 Å². The molecular formula is C13H14F3N3O2. The molecule has 1 aromatic carbocycles. The summed E-state index contributed by atoms with van der Waals surface area (Å²) in [4.78, 5) is 12.6. The first-order valence-corrected chi connectivity index (χ1v) is 6.53. The van der Waals surface area contributed by atoms with Gasteiger partial charge in [-0.2, -0.15) is 13.2 Å². The van der Waals surface area contributed by atoms with Crippen molar-refractivity contribution in [1.82, 2.24) is 0 Å². The summed E-state index contributed by atoms with van der Waals surface area (Å²) >= 11 is 0. The Kier molecular flexibility index (Phi) is 3.11. The van der Waals surface area contributed by atoms with Gasteiger partial charge in [-0.1, -0.05) is 0 Å². The zero-order chi connectivity index (χ0) is 15.2. The number of rotatable bonds is 3. The van der Waals surface area contributed by atoms with E-state index in [1.165, 1.54) is 17.0 Å². The fraction of sp³-hybridized carbons (Fsp3) is 0.462. The minimum absolute atomic E-state index is 0.124. The van der Waals surface area contributed by atoms with E-state index in [9.17, 15) is 18.0 Å². The van der Waals surface area contributed by atoms with E-state index in [-0.39, 0.29) is 29.9 Å². The molecule has 8 heteroatoms. The highest BCUT2D eigenvalue weighted by molar-refractivity contribution is 5.97. The molecule has 2 aliphatic rings. The van der Waals surface area contributed by atoms with Gasteiger partial charge in [-0.15, -0.1) is 0 Å². The van der Waals surface area contributed by atoms with Crippen molar-refractivity contribution in [3.63, 3.8) is 0 Å². The summed E-state index contributed by atoms with van der Waals surface area (Å²) in [6.07, 6.45) is -2.91. The van der Waals surface area contributed by atoms with Crippen molar-refractivity contribution >= 4 is 23.0 Å². The minimum atomic E-state index is -4.31. The summed E-state index contributed by atoms with van der Waals surface area (Å²) in [6.45, 7) is -1.18. The molecule has 114 valence electrons. The van der Waals surface area contributed by atoms with Crippen molar-refractivity contribution in [1.29, 1.82) is 0 Å². The molecule has 5 nitrogen and oxygen atoms in total. The SMILES string of the molecule is Nc1cc2c(cc1N(CC(F)(F)F)C1CC1)NC(=O)CO2. The number of benzene rings is 1. The average molecular weight is 301 g/mol. The molecule has 1 saturated carbocycles. The second-order valence-electron chi connectivity index (χ2n) is 5.22. The lowest BCUT2D eigenvalue weighted by molar-refractivity contribution is -0.120. The van der Waals surface area contributed by atoms with Gasteiger partial charge in [-0.05, 0) is 18.9 Å². The minimum Gasteiger partial charge on any atom is -0.482 e. The van der Waals surface area contributed by atoms with Crippen molar-refractivity contribution in [2.75, 3.05) is 29.1 Å². The predicted molar refractivity (Wildman–Crippen MR) is 71.4 cm³/mol. The van der Waals surface area contributed by atoms with E-state index in [0.29, 0.717) is 24.3 Å². The number of carbonyl (C=O) groups is 1. The molecule has 0 spiro atoms. The summed E-state index contributed by atoms with van der Waals surface area (Å²) in [7, 11) is 0. The zero-order valence-corrected chi connectivity index (χ0v) is 11.0. The van der Waals surface area contributed by atoms with Crippen LogP contribution in [0.2, 0.25) is 0 Å². The summed E-state index contributed by atoms with van der Waals surface area (Å²) < 4.78 is 43.4. The summed E-state index contributed by atoms with van der Waals surface area (Å²) in [5.41, 5.74) is 6.70. The molecule has 1 heterocycles. The second kappa shape index (κ2) is 4.71. The van der Waals surface area contributed by atoms with E-state index in [0.717, 1.165) is 0 Å². The number of nitrogens with zero attached hydrogens (tertiary/aromatic N) is 1. The summed E-state index contributed by atoms with van der Waals surface area (Å²) in [5.74, 6) is 0.0330. The largest absolute Gasteiger partial charge is 0.482 e. The number of hydrogen-bond acceptors (Lipinski definition) is 4. The van der Waals surface area contributed by atoms with Crippen LogP contribution in [0.3, 0.4) is 0 Å².